The Balaban J connectivity index is 1.49. The Morgan fingerprint density at radius 3 is 2.67 bits per heavy atom. The number of likely N-dealkylation sites (N-methyl/N-ethyl adjacent to an activating group) is 1. The third kappa shape index (κ3) is 3.92. The molecule has 24 heavy (non-hydrogen) atoms. The van der Waals surface area contributed by atoms with E-state index in [-0.39, 0.29) is 17.8 Å². The number of carbonyl (C=O) groups excluding carboxylic acids is 1. The van der Waals surface area contributed by atoms with Crippen LogP contribution in [0, 0.1) is 5.82 Å². The lowest BCUT2D eigenvalue weighted by atomic mass is 9.95. The first-order valence-electron chi connectivity index (χ1n) is 8.07. The number of nitrogens with zero attached hydrogens (tertiary/aromatic N) is 1. The number of hydrogen-bond acceptors (Lipinski definition) is 3. The summed E-state index contributed by atoms with van der Waals surface area (Å²) in [4.78, 5) is 14.2. The van der Waals surface area contributed by atoms with Gasteiger partial charge in [-0.1, -0.05) is 24.3 Å². The highest BCUT2D eigenvalue weighted by atomic mass is 19.1. The molecule has 0 spiro atoms. The van der Waals surface area contributed by atoms with E-state index in [9.17, 15) is 9.18 Å². The van der Waals surface area contributed by atoms with E-state index >= 15 is 0 Å². The zero-order valence-corrected chi connectivity index (χ0v) is 13.7. The lowest BCUT2D eigenvalue weighted by Crippen LogP contribution is -2.49. The van der Waals surface area contributed by atoms with Gasteiger partial charge in [-0.25, -0.2) is 4.39 Å². The fraction of sp³-hybridized carbons (Fsp3) is 0.316. The molecular formula is C19H21FN2O2. The molecule has 1 N–H and O–H groups in total. The number of rotatable bonds is 5. The van der Waals surface area contributed by atoms with Gasteiger partial charge < -0.3 is 15.0 Å². The molecule has 126 valence electrons. The Morgan fingerprint density at radius 1 is 1.21 bits per heavy atom. The minimum absolute atomic E-state index is 0.0622. The van der Waals surface area contributed by atoms with Crippen molar-refractivity contribution in [1.82, 2.24) is 10.2 Å². The number of halogens is 1. The van der Waals surface area contributed by atoms with Crippen LogP contribution in [0.25, 0.3) is 0 Å². The maximum atomic E-state index is 12.8. The molecule has 1 atom stereocenters. The van der Waals surface area contributed by atoms with Crippen molar-refractivity contribution in [2.45, 2.75) is 19.0 Å². The average molecular weight is 328 g/mol. The summed E-state index contributed by atoms with van der Waals surface area (Å²) < 4.78 is 18.4. The first kappa shape index (κ1) is 16.5. The smallest absolute Gasteiger partial charge is 0.239 e. The van der Waals surface area contributed by atoms with Gasteiger partial charge in [0.15, 0.2) is 0 Å². The molecule has 5 heteroatoms. The van der Waals surface area contributed by atoms with Crippen molar-refractivity contribution in [3.8, 4) is 5.75 Å². The van der Waals surface area contributed by atoms with Crippen molar-refractivity contribution in [3.05, 3.63) is 65.5 Å². The highest BCUT2D eigenvalue weighted by Gasteiger charge is 2.26. The van der Waals surface area contributed by atoms with Gasteiger partial charge in [0.05, 0.1) is 12.6 Å². The molecular weight excluding hydrogens is 307 g/mol. The van der Waals surface area contributed by atoms with Crippen LogP contribution >= 0.6 is 0 Å². The maximum absolute atomic E-state index is 12.8. The van der Waals surface area contributed by atoms with Crippen molar-refractivity contribution in [3.63, 3.8) is 0 Å². The zero-order chi connectivity index (χ0) is 16.9. The van der Waals surface area contributed by atoms with E-state index in [2.05, 4.69) is 17.4 Å². The van der Waals surface area contributed by atoms with Gasteiger partial charge in [0, 0.05) is 13.6 Å². The minimum atomic E-state index is -0.293. The summed E-state index contributed by atoms with van der Waals surface area (Å²) in [5.74, 6) is 0.368. The topological polar surface area (TPSA) is 41.6 Å². The van der Waals surface area contributed by atoms with E-state index in [1.165, 1.54) is 23.3 Å². The van der Waals surface area contributed by atoms with Crippen molar-refractivity contribution in [1.29, 1.82) is 0 Å². The van der Waals surface area contributed by atoms with Crippen LogP contribution in [0.2, 0.25) is 0 Å². The van der Waals surface area contributed by atoms with Crippen molar-refractivity contribution >= 4 is 5.91 Å². The van der Waals surface area contributed by atoms with Crippen LogP contribution in [-0.4, -0.2) is 37.0 Å². The Bertz CT molecular complexity index is 703. The largest absolute Gasteiger partial charge is 0.492 e. The average Bonchev–Trinajstić information content (AvgIpc) is 2.62. The van der Waals surface area contributed by atoms with Gasteiger partial charge in [-0.3, -0.25) is 4.79 Å². The van der Waals surface area contributed by atoms with Crippen molar-refractivity contribution in [2.75, 3.05) is 20.2 Å². The maximum Gasteiger partial charge on any atom is 0.239 e. The molecule has 3 rings (SSSR count). The van der Waals surface area contributed by atoms with Gasteiger partial charge in [0.1, 0.15) is 18.2 Å². The van der Waals surface area contributed by atoms with Crippen LogP contribution in [-0.2, 0) is 17.8 Å². The molecule has 0 saturated heterocycles. The fourth-order valence-corrected chi connectivity index (χ4v) is 2.84. The molecule has 1 aliphatic rings. The molecule has 2 aromatic rings. The van der Waals surface area contributed by atoms with Gasteiger partial charge in [0.2, 0.25) is 5.91 Å². The van der Waals surface area contributed by atoms with Crippen LogP contribution in [0.4, 0.5) is 4.39 Å². The first-order chi connectivity index (χ1) is 11.6. The number of carbonyl (C=O) groups is 1. The van der Waals surface area contributed by atoms with E-state index in [4.69, 9.17) is 4.74 Å². The highest BCUT2D eigenvalue weighted by Crippen LogP contribution is 2.17. The van der Waals surface area contributed by atoms with E-state index in [0.29, 0.717) is 31.9 Å². The SMILES string of the molecule is CN(CCOc1ccc(F)cc1)C(=O)C1Cc2ccccc2CN1. The summed E-state index contributed by atoms with van der Waals surface area (Å²) in [5, 5.41) is 3.30. The second-order valence-corrected chi connectivity index (χ2v) is 5.97. The van der Waals surface area contributed by atoms with Crippen molar-refractivity contribution < 1.29 is 13.9 Å². The number of benzene rings is 2. The van der Waals surface area contributed by atoms with Gasteiger partial charge >= 0.3 is 0 Å². The van der Waals surface area contributed by atoms with Crippen LogP contribution in [0.15, 0.2) is 48.5 Å². The lowest BCUT2D eigenvalue weighted by molar-refractivity contribution is -0.132. The second kappa shape index (κ2) is 7.45. The normalized spacial score (nSPS) is 16.3. The Morgan fingerprint density at radius 2 is 1.92 bits per heavy atom. The Kier molecular flexibility index (Phi) is 5.11. The van der Waals surface area contributed by atoms with Crippen molar-refractivity contribution in [2.24, 2.45) is 0 Å². The van der Waals surface area contributed by atoms with Gasteiger partial charge in [-0.05, 0) is 41.8 Å². The third-order valence-corrected chi connectivity index (χ3v) is 4.26. The second-order valence-electron chi connectivity index (χ2n) is 5.97. The summed E-state index contributed by atoms with van der Waals surface area (Å²) in [7, 11) is 1.78. The molecule has 1 amide bonds. The predicted octanol–water partition coefficient (Wildman–Crippen LogP) is 2.38. The molecule has 0 radical (unpaired) electrons. The highest BCUT2D eigenvalue weighted by molar-refractivity contribution is 5.82. The van der Waals surface area contributed by atoms with E-state index in [0.717, 1.165) is 0 Å². The molecule has 0 fully saturated rings. The van der Waals surface area contributed by atoms with Crippen LogP contribution in [0.5, 0.6) is 5.75 Å². The van der Waals surface area contributed by atoms with Crippen LogP contribution < -0.4 is 10.1 Å². The monoisotopic (exact) mass is 328 g/mol. The van der Waals surface area contributed by atoms with Gasteiger partial charge in [-0.2, -0.15) is 0 Å². The van der Waals surface area contributed by atoms with E-state index in [1.807, 2.05) is 12.1 Å². The first-order valence-corrected chi connectivity index (χ1v) is 8.07. The molecule has 1 heterocycles. The Labute approximate surface area is 141 Å². The fourth-order valence-electron chi connectivity index (χ4n) is 2.84. The third-order valence-electron chi connectivity index (χ3n) is 4.26. The summed E-state index contributed by atoms with van der Waals surface area (Å²) in [6, 6.07) is 13.9. The molecule has 0 aromatic heterocycles. The molecule has 0 saturated carbocycles. The van der Waals surface area contributed by atoms with E-state index in [1.54, 1.807) is 24.1 Å². The number of fused-ring (bicyclic) bond motifs is 1. The number of ether oxygens (including phenoxy) is 1. The van der Waals surface area contributed by atoms with Crippen LogP contribution in [0.1, 0.15) is 11.1 Å². The van der Waals surface area contributed by atoms with Crippen LogP contribution in [0.3, 0.4) is 0 Å². The summed E-state index contributed by atoms with van der Waals surface area (Å²) in [5.41, 5.74) is 2.48. The zero-order valence-electron chi connectivity index (χ0n) is 13.7. The quantitative estimate of drug-likeness (QED) is 0.916. The van der Waals surface area contributed by atoms with Gasteiger partial charge in [0.25, 0.3) is 0 Å². The van der Waals surface area contributed by atoms with Gasteiger partial charge in [-0.15, -0.1) is 0 Å². The molecule has 1 aliphatic heterocycles. The standard InChI is InChI=1S/C19H21FN2O2/c1-22(10-11-24-17-8-6-16(20)7-9-17)19(23)18-12-14-4-2-3-5-15(14)13-21-18/h2-9,18,21H,10-13H2,1H3. The molecule has 4 nitrogen and oxygen atoms in total. The number of amides is 1. The number of nitrogens with one attached hydrogen (secondary N) is 1. The summed E-state index contributed by atoms with van der Waals surface area (Å²) >= 11 is 0. The minimum Gasteiger partial charge on any atom is -0.492 e. The molecule has 0 aliphatic carbocycles. The Hall–Kier alpha value is -2.40. The number of hydrogen-bond donors (Lipinski definition) is 1. The predicted molar refractivity (Wildman–Crippen MR) is 90.3 cm³/mol. The summed E-state index contributed by atoms with van der Waals surface area (Å²) in [6.07, 6.45) is 0.707. The van der Waals surface area contributed by atoms with E-state index < -0.39 is 0 Å². The molecule has 0 bridgehead atoms. The lowest BCUT2D eigenvalue weighted by Gasteiger charge is -2.29. The molecule has 2 aromatic carbocycles. The molecule has 1 unspecified atom stereocenters. The summed E-state index contributed by atoms with van der Waals surface area (Å²) in [6.45, 7) is 1.57.